The highest BCUT2D eigenvalue weighted by molar-refractivity contribution is 7.84. The molecular weight excluding hydrogens is 282 g/mol. The molecule has 0 radical (unpaired) electrons. The fourth-order valence-corrected chi connectivity index (χ4v) is 2.53. The summed E-state index contributed by atoms with van der Waals surface area (Å²) < 4.78 is 16.6. The summed E-state index contributed by atoms with van der Waals surface area (Å²) in [5.41, 5.74) is 0.912. The number of carbonyl (C=O) groups excluding carboxylic acids is 1. The Bertz CT molecular complexity index is 486. The van der Waals surface area contributed by atoms with E-state index in [-0.39, 0.29) is 23.0 Å². The van der Waals surface area contributed by atoms with Crippen molar-refractivity contribution < 1.29 is 23.6 Å². The molecule has 1 amide bonds. The molecule has 1 unspecified atom stereocenters. The number of ether oxygens (including phenoxy) is 1. The first-order valence-corrected chi connectivity index (χ1v) is 7.44. The van der Waals surface area contributed by atoms with E-state index in [0.717, 1.165) is 5.56 Å². The van der Waals surface area contributed by atoms with Gasteiger partial charge < -0.3 is 15.2 Å². The first kappa shape index (κ1) is 16.3. The molecule has 0 bridgehead atoms. The second-order valence-electron chi connectivity index (χ2n) is 4.07. The summed E-state index contributed by atoms with van der Waals surface area (Å²) >= 11 is 0. The van der Waals surface area contributed by atoms with Crippen LogP contribution in [0.4, 0.5) is 0 Å². The second kappa shape index (κ2) is 8.44. The Morgan fingerprint density at radius 1 is 1.30 bits per heavy atom. The summed E-state index contributed by atoms with van der Waals surface area (Å²) in [5.74, 6) is -1.15. The Kier molecular flexibility index (Phi) is 6.89. The van der Waals surface area contributed by atoms with E-state index in [1.165, 1.54) is 19.2 Å². The fourth-order valence-electron chi connectivity index (χ4n) is 1.47. The van der Waals surface area contributed by atoms with Crippen molar-refractivity contribution >= 4 is 22.7 Å². The predicted molar refractivity (Wildman–Crippen MR) is 75.0 cm³/mol. The number of hydrogen-bond donors (Lipinski definition) is 2. The molecule has 1 aromatic rings. The van der Waals surface area contributed by atoms with Crippen LogP contribution in [-0.4, -0.2) is 47.2 Å². The van der Waals surface area contributed by atoms with Gasteiger partial charge in [0.05, 0.1) is 12.2 Å². The zero-order chi connectivity index (χ0) is 15.0. The van der Waals surface area contributed by atoms with Crippen LogP contribution in [0.5, 0.6) is 0 Å². The van der Waals surface area contributed by atoms with Gasteiger partial charge in [-0.15, -0.1) is 0 Å². The van der Waals surface area contributed by atoms with Crippen molar-refractivity contribution in [1.82, 2.24) is 5.32 Å². The molecular formula is C13H17NO5S. The maximum Gasteiger partial charge on any atom is 0.335 e. The van der Waals surface area contributed by atoms with E-state index < -0.39 is 16.8 Å². The van der Waals surface area contributed by atoms with Crippen LogP contribution in [0.1, 0.15) is 15.9 Å². The molecule has 20 heavy (non-hydrogen) atoms. The minimum atomic E-state index is -1.32. The molecule has 110 valence electrons. The lowest BCUT2D eigenvalue weighted by atomic mass is 10.1. The van der Waals surface area contributed by atoms with Crippen LogP contribution in [0.15, 0.2) is 24.3 Å². The van der Waals surface area contributed by atoms with Crippen LogP contribution in [0.2, 0.25) is 0 Å². The summed E-state index contributed by atoms with van der Waals surface area (Å²) in [6, 6.07) is 6.11. The van der Waals surface area contributed by atoms with Crippen molar-refractivity contribution in [3.8, 4) is 0 Å². The minimum absolute atomic E-state index is 0.0790. The molecule has 0 saturated carbocycles. The smallest absolute Gasteiger partial charge is 0.335 e. The van der Waals surface area contributed by atoms with Crippen LogP contribution in [0, 0.1) is 0 Å². The van der Waals surface area contributed by atoms with Crippen LogP contribution >= 0.6 is 0 Å². The quantitative estimate of drug-likeness (QED) is 0.678. The van der Waals surface area contributed by atoms with Crippen LogP contribution in [0.25, 0.3) is 0 Å². The molecule has 0 aliphatic heterocycles. The summed E-state index contributed by atoms with van der Waals surface area (Å²) in [7, 11) is 0.209. The molecule has 0 spiro atoms. The predicted octanol–water partition coefficient (Wildman–Crippen LogP) is 0.396. The van der Waals surface area contributed by atoms with Crippen LogP contribution in [-0.2, 0) is 26.1 Å². The van der Waals surface area contributed by atoms with E-state index in [9.17, 15) is 13.8 Å². The number of rotatable bonds is 8. The van der Waals surface area contributed by atoms with Crippen molar-refractivity contribution in [1.29, 1.82) is 0 Å². The highest BCUT2D eigenvalue weighted by atomic mass is 32.2. The summed E-state index contributed by atoms with van der Waals surface area (Å²) in [4.78, 5) is 22.1. The number of benzene rings is 1. The van der Waals surface area contributed by atoms with E-state index in [4.69, 9.17) is 9.84 Å². The number of hydrogen-bond acceptors (Lipinski definition) is 4. The van der Waals surface area contributed by atoms with Crippen molar-refractivity contribution in [2.24, 2.45) is 0 Å². The third-order valence-corrected chi connectivity index (χ3v) is 3.69. The van der Waals surface area contributed by atoms with Gasteiger partial charge in [0.15, 0.2) is 0 Å². The number of aromatic carboxylic acids is 1. The maximum absolute atomic E-state index is 11.8. The summed E-state index contributed by atoms with van der Waals surface area (Å²) in [5, 5.41) is 11.3. The topological polar surface area (TPSA) is 92.7 Å². The number of amides is 1. The highest BCUT2D eigenvalue weighted by Gasteiger charge is 2.09. The minimum Gasteiger partial charge on any atom is -0.478 e. The maximum atomic E-state index is 11.8. The lowest BCUT2D eigenvalue weighted by Gasteiger charge is -2.05. The first-order chi connectivity index (χ1) is 9.52. The fraction of sp³-hybridized carbons (Fsp3) is 0.385. The van der Waals surface area contributed by atoms with Gasteiger partial charge in [-0.05, 0) is 17.7 Å². The molecule has 0 aliphatic carbocycles. The van der Waals surface area contributed by atoms with Crippen molar-refractivity contribution in [3.05, 3.63) is 35.4 Å². The molecule has 0 aliphatic rings. The van der Waals surface area contributed by atoms with Crippen molar-refractivity contribution in [2.45, 2.75) is 5.75 Å². The first-order valence-electron chi connectivity index (χ1n) is 5.95. The van der Waals surface area contributed by atoms with Gasteiger partial charge in [0.1, 0.15) is 5.75 Å². The van der Waals surface area contributed by atoms with Gasteiger partial charge >= 0.3 is 5.97 Å². The van der Waals surface area contributed by atoms with E-state index in [1.54, 1.807) is 12.1 Å². The molecule has 1 rings (SSSR count). The Morgan fingerprint density at radius 3 is 2.50 bits per heavy atom. The van der Waals surface area contributed by atoms with E-state index in [1.807, 2.05) is 0 Å². The molecule has 0 saturated heterocycles. The average Bonchev–Trinajstić information content (AvgIpc) is 2.39. The van der Waals surface area contributed by atoms with Gasteiger partial charge in [-0.2, -0.15) is 0 Å². The van der Waals surface area contributed by atoms with E-state index >= 15 is 0 Å². The van der Waals surface area contributed by atoms with Gasteiger partial charge in [-0.25, -0.2) is 4.79 Å². The number of methoxy groups -OCH3 is 1. The third-order valence-electron chi connectivity index (χ3n) is 2.45. The molecule has 0 heterocycles. The molecule has 7 heteroatoms. The summed E-state index contributed by atoms with van der Waals surface area (Å²) in [6.45, 7) is 0.800. The number of carboxylic acids is 1. The number of carboxylic acid groups (broad SMARTS) is 1. The second-order valence-corrected chi connectivity index (χ2v) is 5.53. The van der Waals surface area contributed by atoms with Gasteiger partial charge in [-0.3, -0.25) is 9.00 Å². The Labute approximate surface area is 119 Å². The van der Waals surface area contributed by atoms with E-state index in [0.29, 0.717) is 13.2 Å². The van der Waals surface area contributed by atoms with Crippen molar-refractivity contribution in [2.75, 3.05) is 26.0 Å². The lowest BCUT2D eigenvalue weighted by molar-refractivity contribution is -0.118. The molecule has 2 N–H and O–H groups in total. The van der Waals surface area contributed by atoms with Crippen LogP contribution < -0.4 is 5.32 Å². The SMILES string of the molecule is COCCNC(=O)CS(=O)Cc1ccc(C(=O)O)cc1. The number of nitrogens with one attached hydrogen (secondary N) is 1. The lowest BCUT2D eigenvalue weighted by Crippen LogP contribution is -2.31. The van der Waals surface area contributed by atoms with Gasteiger partial charge in [0.25, 0.3) is 0 Å². The number of carbonyl (C=O) groups is 2. The summed E-state index contributed by atoms with van der Waals surface area (Å²) in [6.07, 6.45) is 0. The monoisotopic (exact) mass is 299 g/mol. The van der Waals surface area contributed by atoms with Gasteiger partial charge in [0.2, 0.25) is 5.91 Å². The highest BCUT2D eigenvalue weighted by Crippen LogP contribution is 2.07. The molecule has 6 nitrogen and oxygen atoms in total. The van der Waals surface area contributed by atoms with Crippen molar-refractivity contribution in [3.63, 3.8) is 0 Å². The third kappa shape index (κ3) is 5.94. The zero-order valence-corrected chi connectivity index (χ0v) is 11.9. The normalized spacial score (nSPS) is 11.8. The largest absolute Gasteiger partial charge is 0.478 e. The van der Waals surface area contributed by atoms with Gasteiger partial charge in [-0.1, -0.05) is 12.1 Å². The van der Waals surface area contributed by atoms with Crippen LogP contribution in [0.3, 0.4) is 0 Å². The molecule has 0 fully saturated rings. The Balaban J connectivity index is 2.42. The molecule has 1 atom stereocenters. The standard InChI is InChI=1S/C13H17NO5S/c1-19-7-6-14-12(15)9-20(18)8-10-2-4-11(5-3-10)13(16)17/h2-5H,6-9H2,1H3,(H,14,15)(H,16,17). The average molecular weight is 299 g/mol. The Morgan fingerprint density at radius 2 is 1.95 bits per heavy atom. The van der Waals surface area contributed by atoms with Gasteiger partial charge in [0, 0.05) is 30.2 Å². The molecule has 0 aromatic heterocycles. The Hall–Kier alpha value is -1.73. The zero-order valence-electron chi connectivity index (χ0n) is 11.1. The molecule has 1 aromatic carbocycles. The van der Waals surface area contributed by atoms with E-state index in [2.05, 4.69) is 5.32 Å².